The Labute approximate surface area is 272 Å². The third-order valence-electron chi connectivity index (χ3n) is 6.62. The maximum atomic E-state index is 14.1. The van der Waals surface area contributed by atoms with Gasteiger partial charge in [-0.25, -0.2) is 9.18 Å². The van der Waals surface area contributed by atoms with Crippen LogP contribution in [0, 0.1) is 5.82 Å². The quantitative estimate of drug-likeness (QED) is 0.147. The van der Waals surface area contributed by atoms with Crippen molar-refractivity contribution in [3.05, 3.63) is 118 Å². The third kappa shape index (κ3) is 8.47. The average molecular weight is 663 g/mol. The number of nitrogens with zero attached hydrogens (tertiary/aromatic N) is 6. The number of halogens is 3. The third-order valence-corrected chi connectivity index (χ3v) is 7.14. The topological polar surface area (TPSA) is 160 Å². The van der Waals surface area contributed by atoms with Gasteiger partial charge in [0.15, 0.2) is 5.15 Å². The van der Waals surface area contributed by atoms with Crippen LogP contribution in [0.2, 0.25) is 10.2 Å². The van der Waals surface area contributed by atoms with E-state index in [1.165, 1.54) is 29.2 Å². The Morgan fingerprint density at radius 3 is 2.59 bits per heavy atom. The first-order valence-corrected chi connectivity index (χ1v) is 14.6. The molecule has 0 radical (unpaired) electrons. The van der Waals surface area contributed by atoms with Crippen LogP contribution < -0.4 is 16.0 Å². The predicted octanol–water partition coefficient (Wildman–Crippen LogP) is 4.79. The molecular weight excluding hydrogens is 636 g/mol. The van der Waals surface area contributed by atoms with E-state index in [4.69, 9.17) is 28.3 Å². The van der Waals surface area contributed by atoms with Gasteiger partial charge in [0.2, 0.25) is 5.91 Å². The molecular formula is C31H26Cl2FN9O3. The Morgan fingerprint density at radius 2 is 1.85 bits per heavy atom. The second-order valence-corrected chi connectivity index (χ2v) is 10.6. The number of benzene rings is 3. The minimum Gasteiger partial charge on any atom is -0.395 e. The van der Waals surface area contributed by atoms with Crippen LogP contribution in [0.5, 0.6) is 0 Å². The lowest BCUT2D eigenvalue weighted by Gasteiger charge is -2.19. The SMILES string of the molecule is O=C(/C=C/c1cc(Cl)ccc1-n1cnnn1)N[C@@H](Cc1cccc(F)c1)c1cc(-c2ccc(NC(=O)NCCO)cc2)c(Cl)nn1. The molecule has 3 aromatic carbocycles. The lowest BCUT2D eigenvalue weighted by Crippen LogP contribution is -2.30. The van der Waals surface area contributed by atoms with Crippen LogP contribution >= 0.6 is 23.2 Å². The van der Waals surface area contributed by atoms with Crippen molar-refractivity contribution in [2.75, 3.05) is 18.5 Å². The molecule has 2 heterocycles. The molecule has 2 aromatic heterocycles. The monoisotopic (exact) mass is 661 g/mol. The van der Waals surface area contributed by atoms with E-state index in [0.29, 0.717) is 44.3 Å². The molecule has 3 amide bonds. The summed E-state index contributed by atoms with van der Waals surface area (Å²) in [6.07, 6.45) is 4.54. The van der Waals surface area contributed by atoms with E-state index >= 15 is 0 Å². The van der Waals surface area contributed by atoms with Crippen LogP contribution in [0.4, 0.5) is 14.9 Å². The number of anilines is 1. The number of hydrogen-bond donors (Lipinski definition) is 4. The number of amides is 3. The molecule has 0 fully saturated rings. The normalized spacial score (nSPS) is 11.7. The zero-order valence-electron chi connectivity index (χ0n) is 23.9. The first kappa shape index (κ1) is 32.2. The molecule has 0 aliphatic rings. The zero-order valence-corrected chi connectivity index (χ0v) is 25.5. The molecule has 46 heavy (non-hydrogen) atoms. The summed E-state index contributed by atoms with van der Waals surface area (Å²) in [4.78, 5) is 25.2. The largest absolute Gasteiger partial charge is 0.395 e. The van der Waals surface area contributed by atoms with Gasteiger partial charge in [0.25, 0.3) is 0 Å². The lowest BCUT2D eigenvalue weighted by atomic mass is 10.00. The van der Waals surface area contributed by atoms with Crippen LogP contribution in [-0.4, -0.2) is 60.6 Å². The summed E-state index contributed by atoms with van der Waals surface area (Å²) in [5.41, 5.74) is 3.93. The highest BCUT2D eigenvalue weighted by atomic mass is 35.5. The van der Waals surface area contributed by atoms with Gasteiger partial charge in [-0.15, -0.1) is 10.2 Å². The highest BCUT2D eigenvalue weighted by Gasteiger charge is 2.20. The molecule has 0 saturated carbocycles. The smallest absolute Gasteiger partial charge is 0.319 e. The number of rotatable bonds is 11. The molecule has 0 spiro atoms. The van der Waals surface area contributed by atoms with Gasteiger partial charge in [-0.2, -0.15) is 9.78 Å². The minimum atomic E-state index is -0.725. The van der Waals surface area contributed by atoms with E-state index in [0.717, 1.165) is 0 Å². The molecule has 0 unspecified atom stereocenters. The summed E-state index contributed by atoms with van der Waals surface area (Å²) in [6, 6.07) is 18.5. The second kappa shape index (κ2) is 15.2. The summed E-state index contributed by atoms with van der Waals surface area (Å²) in [7, 11) is 0. The molecule has 234 valence electrons. The molecule has 5 rings (SSSR count). The number of nitrogens with one attached hydrogen (secondary N) is 3. The van der Waals surface area contributed by atoms with E-state index < -0.39 is 23.8 Å². The van der Waals surface area contributed by atoms with E-state index in [2.05, 4.69) is 41.7 Å². The van der Waals surface area contributed by atoms with Crippen molar-refractivity contribution in [2.24, 2.45) is 0 Å². The summed E-state index contributed by atoms with van der Waals surface area (Å²) in [6.45, 7) is -0.0552. The highest BCUT2D eigenvalue weighted by Crippen LogP contribution is 2.30. The molecule has 15 heteroatoms. The Balaban J connectivity index is 1.41. The summed E-state index contributed by atoms with van der Waals surface area (Å²) >= 11 is 12.6. The number of tetrazole rings is 1. The number of aromatic nitrogens is 6. The number of urea groups is 1. The van der Waals surface area contributed by atoms with Crippen LogP contribution in [0.3, 0.4) is 0 Å². The van der Waals surface area contributed by atoms with Crippen molar-refractivity contribution in [1.29, 1.82) is 0 Å². The van der Waals surface area contributed by atoms with Crippen LogP contribution in [0.1, 0.15) is 22.9 Å². The Bertz CT molecular complexity index is 1860. The second-order valence-electron chi connectivity index (χ2n) is 9.84. The van der Waals surface area contributed by atoms with Gasteiger partial charge < -0.3 is 21.1 Å². The maximum Gasteiger partial charge on any atom is 0.319 e. The van der Waals surface area contributed by atoms with Gasteiger partial charge in [-0.05, 0) is 82.6 Å². The summed E-state index contributed by atoms with van der Waals surface area (Å²) in [5.74, 6) is -0.877. The van der Waals surface area contributed by atoms with E-state index in [9.17, 15) is 14.0 Å². The van der Waals surface area contributed by atoms with Crippen molar-refractivity contribution in [3.63, 3.8) is 0 Å². The van der Waals surface area contributed by atoms with Crippen LogP contribution in [0.15, 0.2) is 85.2 Å². The number of aliphatic hydroxyl groups excluding tert-OH is 1. The number of carbonyl (C=O) groups is 2. The molecule has 0 aliphatic carbocycles. The fourth-order valence-corrected chi connectivity index (χ4v) is 4.88. The lowest BCUT2D eigenvalue weighted by molar-refractivity contribution is -0.117. The van der Waals surface area contributed by atoms with Crippen LogP contribution in [-0.2, 0) is 11.2 Å². The van der Waals surface area contributed by atoms with Crippen molar-refractivity contribution < 1.29 is 19.1 Å². The van der Waals surface area contributed by atoms with E-state index in [1.54, 1.807) is 66.7 Å². The van der Waals surface area contributed by atoms with Gasteiger partial charge in [0, 0.05) is 34.5 Å². The van der Waals surface area contributed by atoms with Crippen molar-refractivity contribution in [1.82, 2.24) is 41.0 Å². The maximum absolute atomic E-state index is 14.1. The molecule has 5 aromatic rings. The predicted molar refractivity (Wildman–Crippen MR) is 171 cm³/mol. The fourth-order valence-electron chi connectivity index (χ4n) is 4.50. The van der Waals surface area contributed by atoms with Crippen molar-refractivity contribution in [2.45, 2.75) is 12.5 Å². The minimum absolute atomic E-state index is 0.121. The van der Waals surface area contributed by atoms with E-state index in [-0.39, 0.29) is 24.7 Å². The average Bonchev–Trinajstić information content (AvgIpc) is 3.58. The van der Waals surface area contributed by atoms with E-state index in [1.807, 2.05) is 0 Å². The number of hydrogen-bond acceptors (Lipinski definition) is 8. The Hall–Kier alpha value is -5.24. The van der Waals surface area contributed by atoms with Crippen molar-refractivity contribution in [3.8, 4) is 16.8 Å². The fraction of sp³-hybridized carbons (Fsp3) is 0.129. The first-order chi connectivity index (χ1) is 22.3. The number of aliphatic hydroxyl groups is 1. The molecule has 0 bridgehead atoms. The Morgan fingerprint density at radius 1 is 1.02 bits per heavy atom. The number of carbonyl (C=O) groups excluding carboxylic acids is 2. The molecule has 1 atom stereocenters. The standard InChI is InChI=1S/C31H26Cl2FN9O3/c32-22-7-10-28(43-18-36-41-42-43)21(16-22)6-11-29(45)38-26(15-19-2-1-3-23(34)14-19)27-17-25(30(33)40-39-27)20-4-8-24(9-5-20)37-31(46)35-12-13-44/h1-11,14,16-18,26,44H,12-13,15H2,(H,38,45)(H2,35,37,46)/b11-6+/t26-/m0/s1. The zero-order chi connectivity index (χ0) is 32.5. The first-order valence-electron chi connectivity index (χ1n) is 13.8. The molecule has 0 aliphatic heterocycles. The van der Waals surface area contributed by atoms with Gasteiger partial charge in [0.1, 0.15) is 12.1 Å². The van der Waals surface area contributed by atoms with Crippen molar-refractivity contribution >= 4 is 46.9 Å². The summed E-state index contributed by atoms with van der Waals surface area (Å²) < 4.78 is 15.5. The van der Waals surface area contributed by atoms with Gasteiger partial charge in [-0.3, -0.25) is 4.79 Å². The summed E-state index contributed by atoms with van der Waals surface area (Å²) in [5, 5.41) is 37.2. The van der Waals surface area contributed by atoms with Gasteiger partial charge in [0.05, 0.1) is 24.0 Å². The molecule has 0 saturated heterocycles. The van der Waals surface area contributed by atoms with Gasteiger partial charge >= 0.3 is 6.03 Å². The highest BCUT2D eigenvalue weighted by molar-refractivity contribution is 6.32. The molecule has 4 N–H and O–H groups in total. The molecule has 12 nitrogen and oxygen atoms in total. The van der Waals surface area contributed by atoms with Gasteiger partial charge in [-0.1, -0.05) is 47.5 Å². The Kier molecular flexibility index (Phi) is 10.6. The van der Waals surface area contributed by atoms with Crippen LogP contribution in [0.25, 0.3) is 22.9 Å².